The minimum atomic E-state index is -0.0550. The van der Waals surface area contributed by atoms with Crippen LogP contribution in [0.2, 0.25) is 0 Å². The Balaban J connectivity index is 1.78. The highest BCUT2D eigenvalue weighted by Gasteiger charge is 2.17. The van der Waals surface area contributed by atoms with Crippen LogP contribution in [-0.2, 0) is 0 Å². The monoisotopic (exact) mass is 180 g/mol. The summed E-state index contributed by atoms with van der Waals surface area (Å²) in [6.45, 7) is 2.76. The topological polar surface area (TPSA) is 69.8 Å². The lowest BCUT2D eigenvalue weighted by atomic mass is 10.0. The van der Waals surface area contributed by atoms with E-state index in [1.54, 1.807) is 6.20 Å². The summed E-state index contributed by atoms with van der Waals surface area (Å²) in [5.74, 6) is 0.538. The van der Waals surface area contributed by atoms with Crippen molar-refractivity contribution in [2.45, 2.75) is 0 Å². The summed E-state index contributed by atoms with van der Waals surface area (Å²) < 4.78 is 0. The van der Waals surface area contributed by atoms with Gasteiger partial charge in [0.15, 0.2) is 0 Å². The maximum Gasteiger partial charge on any atom is 0.254 e. The molecule has 1 aliphatic heterocycles. The fraction of sp³-hybridized carbons (Fsp3) is 0.500. The van der Waals surface area contributed by atoms with Crippen LogP contribution in [0.25, 0.3) is 0 Å². The first kappa shape index (κ1) is 8.25. The summed E-state index contributed by atoms with van der Waals surface area (Å²) in [6, 6.07) is 0. The van der Waals surface area contributed by atoms with E-state index in [2.05, 4.69) is 20.8 Å². The zero-order valence-electron chi connectivity index (χ0n) is 7.21. The number of aromatic nitrogens is 2. The van der Waals surface area contributed by atoms with Gasteiger partial charge in [-0.05, 0) is 0 Å². The standard InChI is InChI=1S/C8H12N4O/c13-8(7-4-11-12-5-7)10-3-6-1-9-2-6/h4-6,9H,1-3H2,(H,10,13)(H,11,12). The van der Waals surface area contributed by atoms with Crippen LogP contribution >= 0.6 is 0 Å². The molecule has 0 radical (unpaired) electrons. The van der Waals surface area contributed by atoms with Crippen molar-refractivity contribution in [1.82, 2.24) is 20.8 Å². The van der Waals surface area contributed by atoms with Crippen molar-refractivity contribution >= 4 is 5.91 Å². The van der Waals surface area contributed by atoms with Crippen LogP contribution in [0.15, 0.2) is 12.4 Å². The fourth-order valence-corrected chi connectivity index (χ4v) is 1.21. The minimum absolute atomic E-state index is 0.0550. The number of H-pyrrole nitrogens is 1. The first-order chi connectivity index (χ1) is 6.36. The molecule has 0 saturated carbocycles. The zero-order chi connectivity index (χ0) is 9.10. The van der Waals surface area contributed by atoms with Crippen molar-refractivity contribution < 1.29 is 4.79 Å². The maximum atomic E-state index is 11.4. The predicted octanol–water partition coefficient (Wildman–Crippen LogP) is -0.641. The Morgan fingerprint density at radius 1 is 1.69 bits per heavy atom. The van der Waals surface area contributed by atoms with Gasteiger partial charge in [-0.25, -0.2) is 0 Å². The molecule has 1 saturated heterocycles. The summed E-state index contributed by atoms with van der Waals surface area (Å²) in [4.78, 5) is 11.4. The molecule has 1 aliphatic rings. The molecule has 1 aromatic heterocycles. The molecule has 1 aromatic rings. The van der Waals surface area contributed by atoms with Gasteiger partial charge in [-0.3, -0.25) is 9.89 Å². The molecular weight excluding hydrogens is 168 g/mol. The summed E-state index contributed by atoms with van der Waals surface area (Å²) in [6.07, 6.45) is 3.11. The van der Waals surface area contributed by atoms with E-state index in [0.717, 1.165) is 19.6 Å². The van der Waals surface area contributed by atoms with Crippen LogP contribution in [0, 0.1) is 5.92 Å². The van der Waals surface area contributed by atoms with E-state index in [9.17, 15) is 4.79 Å². The molecule has 5 nitrogen and oxygen atoms in total. The Kier molecular flexibility index (Phi) is 2.27. The number of carbonyl (C=O) groups is 1. The maximum absolute atomic E-state index is 11.4. The Labute approximate surface area is 75.9 Å². The smallest absolute Gasteiger partial charge is 0.254 e. The van der Waals surface area contributed by atoms with Crippen LogP contribution in [0.5, 0.6) is 0 Å². The number of rotatable bonds is 3. The zero-order valence-corrected chi connectivity index (χ0v) is 7.21. The second-order valence-electron chi connectivity index (χ2n) is 3.22. The Hall–Kier alpha value is -1.36. The van der Waals surface area contributed by atoms with Crippen molar-refractivity contribution in [2.24, 2.45) is 5.92 Å². The molecule has 0 bridgehead atoms. The number of hydrogen-bond donors (Lipinski definition) is 3. The van der Waals surface area contributed by atoms with Gasteiger partial charge in [-0.1, -0.05) is 0 Å². The van der Waals surface area contributed by atoms with Gasteiger partial charge in [0.25, 0.3) is 5.91 Å². The third-order valence-corrected chi connectivity index (χ3v) is 2.18. The first-order valence-corrected chi connectivity index (χ1v) is 4.34. The normalized spacial score (nSPS) is 16.6. The van der Waals surface area contributed by atoms with Crippen LogP contribution in [0.3, 0.4) is 0 Å². The molecular formula is C8H12N4O. The molecule has 0 atom stereocenters. The first-order valence-electron chi connectivity index (χ1n) is 4.34. The SMILES string of the molecule is O=C(NCC1CNC1)c1cn[nH]c1. The summed E-state index contributed by atoms with van der Waals surface area (Å²) in [5.41, 5.74) is 0.590. The Morgan fingerprint density at radius 2 is 2.54 bits per heavy atom. The van der Waals surface area contributed by atoms with E-state index >= 15 is 0 Å². The summed E-state index contributed by atoms with van der Waals surface area (Å²) in [5, 5.41) is 12.3. The molecule has 2 rings (SSSR count). The number of amides is 1. The van der Waals surface area contributed by atoms with Crippen molar-refractivity contribution in [3.63, 3.8) is 0 Å². The molecule has 1 amide bonds. The Bertz CT molecular complexity index is 278. The number of aromatic amines is 1. The molecule has 0 spiro atoms. The number of nitrogens with one attached hydrogen (secondary N) is 3. The summed E-state index contributed by atoms with van der Waals surface area (Å²) in [7, 11) is 0. The van der Waals surface area contributed by atoms with E-state index in [0.29, 0.717) is 11.5 Å². The highest BCUT2D eigenvalue weighted by molar-refractivity contribution is 5.93. The van der Waals surface area contributed by atoms with Crippen LogP contribution in [0.1, 0.15) is 10.4 Å². The third-order valence-electron chi connectivity index (χ3n) is 2.18. The fourth-order valence-electron chi connectivity index (χ4n) is 1.21. The van der Waals surface area contributed by atoms with Crippen LogP contribution in [-0.4, -0.2) is 35.7 Å². The van der Waals surface area contributed by atoms with Crippen molar-refractivity contribution in [3.05, 3.63) is 18.0 Å². The van der Waals surface area contributed by atoms with Gasteiger partial charge in [-0.15, -0.1) is 0 Å². The van der Waals surface area contributed by atoms with E-state index in [-0.39, 0.29) is 5.91 Å². The largest absolute Gasteiger partial charge is 0.352 e. The molecule has 3 N–H and O–H groups in total. The van der Waals surface area contributed by atoms with Gasteiger partial charge in [0.05, 0.1) is 11.8 Å². The van der Waals surface area contributed by atoms with Crippen LogP contribution < -0.4 is 10.6 Å². The lowest BCUT2D eigenvalue weighted by Gasteiger charge is -2.26. The lowest BCUT2D eigenvalue weighted by molar-refractivity contribution is 0.0942. The molecule has 70 valence electrons. The van der Waals surface area contributed by atoms with Crippen LogP contribution in [0.4, 0.5) is 0 Å². The number of hydrogen-bond acceptors (Lipinski definition) is 3. The molecule has 2 heterocycles. The van der Waals surface area contributed by atoms with Gasteiger partial charge in [-0.2, -0.15) is 5.10 Å². The average Bonchev–Trinajstić information content (AvgIpc) is 2.52. The molecule has 0 unspecified atom stereocenters. The van der Waals surface area contributed by atoms with Gasteiger partial charge >= 0.3 is 0 Å². The van der Waals surface area contributed by atoms with Crippen molar-refractivity contribution in [2.75, 3.05) is 19.6 Å². The van der Waals surface area contributed by atoms with Gasteiger partial charge in [0, 0.05) is 31.7 Å². The van der Waals surface area contributed by atoms with E-state index in [1.165, 1.54) is 6.20 Å². The van der Waals surface area contributed by atoms with Crippen molar-refractivity contribution in [3.8, 4) is 0 Å². The minimum Gasteiger partial charge on any atom is -0.352 e. The molecule has 1 fully saturated rings. The number of nitrogens with zero attached hydrogens (tertiary/aromatic N) is 1. The van der Waals surface area contributed by atoms with Crippen molar-refractivity contribution in [1.29, 1.82) is 0 Å². The van der Waals surface area contributed by atoms with Gasteiger partial charge < -0.3 is 10.6 Å². The molecule has 0 aromatic carbocycles. The van der Waals surface area contributed by atoms with Gasteiger partial charge in [0.1, 0.15) is 0 Å². The highest BCUT2D eigenvalue weighted by Crippen LogP contribution is 2.01. The second-order valence-corrected chi connectivity index (χ2v) is 3.22. The second kappa shape index (κ2) is 3.57. The molecule has 13 heavy (non-hydrogen) atoms. The quantitative estimate of drug-likeness (QED) is 0.579. The molecule has 5 heteroatoms. The predicted molar refractivity (Wildman–Crippen MR) is 47.3 cm³/mol. The van der Waals surface area contributed by atoms with E-state index in [1.807, 2.05) is 0 Å². The summed E-state index contributed by atoms with van der Waals surface area (Å²) >= 11 is 0. The highest BCUT2D eigenvalue weighted by atomic mass is 16.1. The Morgan fingerprint density at radius 3 is 3.08 bits per heavy atom. The molecule has 0 aliphatic carbocycles. The third kappa shape index (κ3) is 1.86. The van der Waals surface area contributed by atoms with E-state index in [4.69, 9.17) is 0 Å². The average molecular weight is 180 g/mol. The van der Waals surface area contributed by atoms with Gasteiger partial charge in [0.2, 0.25) is 0 Å². The van der Waals surface area contributed by atoms with E-state index < -0.39 is 0 Å². The lowest BCUT2D eigenvalue weighted by Crippen LogP contribution is -2.48. The number of carbonyl (C=O) groups excluding carboxylic acids is 1.